The van der Waals surface area contributed by atoms with Crippen molar-refractivity contribution < 1.29 is 19.8 Å². The highest BCUT2D eigenvalue weighted by molar-refractivity contribution is 5.88. The highest BCUT2D eigenvalue weighted by atomic mass is 16.4. The van der Waals surface area contributed by atoms with Gasteiger partial charge in [-0.3, -0.25) is 0 Å². The summed E-state index contributed by atoms with van der Waals surface area (Å²) in [5.41, 5.74) is 7.92. The van der Waals surface area contributed by atoms with Crippen molar-refractivity contribution in [1.82, 2.24) is 15.0 Å². The van der Waals surface area contributed by atoms with Crippen LogP contribution in [0.4, 0.5) is 0 Å². The van der Waals surface area contributed by atoms with Gasteiger partial charge in [0.25, 0.3) is 0 Å². The molecule has 29 heavy (non-hydrogen) atoms. The molecule has 0 fully saturated rings. The summed E-state index contributed by atoms with van der Waals surface area (Å²) in [4.78, 5) is 32.4. The van der Waals surface area contributed by atoms with E-state index in [9.17, 15) is 19.8 Å². The molecule has 0 amide bonds. The highest BCUT2D eigenvalue weighted by Gasteiger charge is 2.20. The van der Waals surface area contributed by atoms with E-state index < -0.39 is 11.9 Å². The first kappa shape index (κ1) is 20.5. The molecule has 3 aromatic heterocycles. The van der Waals surface area contributed by atoms with E-state index in [1.54, 1.807) is 0 Å². The lowest BCUT2D eigenvalue weighted by molar-refractivity contribution is 0.0679. The molecule has 0 spiro atoms. The molecule has 0 atom stereocenters. The van der Waals surface area contributed by atoms with Gasteiger partial charge in [-0.05, 0) is 61.1 Å². The van der Waals surface area contributed by atoms with Gasteiger partial charge in [0, 0.05) is 35.6 Å². The monoisotopic (exact) mass is 397 g/mol. The van der Waals surface area contributed by atoms with Crippen LogP contribution >= 0.6 is 0 Å². The third-order valence-electron chi connectivity index (χ3n) is 5.64. The molecule has 0 saturated heterocycles. The summed E-state index contributed by atoms with van der Waals surface area (Å²) in [6.45, 7) is 7.80. The molecule has 0 aromatic carbocycles. The largest absolute Gasteiger partial charge is 0.477 e. The van der Waals surface area contributed by atoms with Gasteiger partial charge in [0.15, 0.2) is 0 Å². The van der Waals surface area contributed by atoms with E-state index in [1.165, 1.54) is 0 Å². The highest BCUT2D eigenvalue weighted by Crippen LogP contribution is 2.24. The number of hydrogen-bond donors (Lipinski definition) is 5. The minimum absolute atomic E-state index is 0.266. The van der Waals surface area contributed by atoms with Crippen molar-refractivity contribution in [1.29, 1.82) is 0 Å². The van der Waals surface area contributed by atoms with Crippen LogP contribution in [0, 0.1) is 13.8 Å². The van der Waals surface area contributed by atoms with E-state index >= 15 is 0 Å². The van der Waals surface area contributed by atoms with Crippen molar-refractivity contribution in [2.24, 2.45) is 0 Å². The number of H-pyrrole nitrogens is 3. The van der Waals surface area contributed by atoms with Crippen molar-refractivity contribution in [3.63, 3.8) is 0 Å². The quantitative estimate of drug-likeness (QED) is 0.394. The van der Waals surface area contributed by atoms with Gasteiger partial charge in [0.2, 0.25) is 0 Å². The van der Waals surface area contributed by atoms with Crippen LogP contribution in [0.25, 0.3) is 0 Å². The number of carbonyl (C=O) groups is 2. The van der Waals surface area contributed by atoms with Crippen molar-refractivity contribution in [2.45, 2.75) is 53.4 Å². The average Bonchev–Trinajstić information content (AvgIpc) is 3.33. The minimum Gasteiger partial charge on any atom is -0.477 e. The lowest BCUT2D eigenvalue weighted by Crippen LogP contribution is -2.01. The van der Waals surface area contributed by atoms with Gasteiger partial charge < -0.3 is 25.2 Å². The fraction of sp³-hybridized carbons (Fsp3) is 0.364. The zero-order valence-electron chi connectivity index (χ0n) is 17.2. The third kappa shape index (κ3) is 3.85. The molecule has 3 rings (SSSR count). The number of rotatable bonds is 8. The van der Waals surface area contributed by atoms with Crippen LogP contribution in [0.3, 0.4) is 0 Å². The topological polar surface area (TPSA) is 122 Å². The lowest BCUT2D eigenvalue weighted by atomic mass is 10.1. The summed E-state index contributed by atoms with van der Waals surface area (Å²) in [7, 11) is 0. The SMILES string of the molecule is CCc1c(C(=O)O)[nH]c(Cc2ccc(Cc3[nH]c(C(=O)O)c(CC)c3C)[nH]2)c1C. The Kier molecular flexibility index (Phi) is 5.68. The van der Waals surface area contributed by atoms with E-state index in [1.807, 2.05) is 39.8 Å². The molecule has 154 valence electrons. The van der Waals surface area contributed by atoms with Gasteiger partial charge in [-0.1, -0.05) is 13.8 Å². The Balaban J connectivity index is 1.83. The van der Waals surface area contributed by atoms with Crippen molar-refractivity contribution in [2.75, 3.05) is 0 Å². The molecule has 7 heteroatoms. The van der Waals surface area contributed by atoms with Gasteiger partial charge >= 0.3 is 11.9 Å². The van der Waals surface area contributed by atoms with Crippen molar-refractivity contribution >= 4 is 11.9 Å². The van der Waals surface area contributed by atoms with Crippen LogP contribution in [0.2, 0.25) is 0 Å². The molecule has 0 aliphatic rings. The average molecular weight is 397 g/mol. The smallest absolute Gasteiger partial charge is 0.352 e. The molecule has 3 aromatic rings. The summed E-state index contributed by atoms with van der Waals surface area (Å²) < 4.78 is 0. The van der Waals surface area contributed by atoms with Crippen molar-refractivity contribution in [3.05, 3.63) is 68.6 Å². The Bertz CT molecular complexity index is 986. The predicted octanol–water partition coefficient (Wildman–Crippen LogP) is 3.99. The van der Waals surface area contributed by atoms with Crippen LogP contribution in [0.5, 0.6) is 0 Å². The maximum absolute atomic E-state index is 11.5. The number of hydrogen-bond acceptors (Lipinski definition) is 2. The van der Waals surface area contributed by atoms with E-state index in [4.69, 9.17) is 0 Å². The number of nitrogens with one attached hydrogen (secondary N) is 3. The fourth-order valence-corrected chi connectivity index (χ4v) is 4.06. The van der Waals surface area contributed by atoms with Gasteiger partial charge in [-0.15, -0.1) is 0 Å². The molecular weight excluding hydrogens is 370 g/mol. The predicted molar refractivity (Wildman–Crippen MR) is 110 cm³/mol. The van der Waals surface area contributed by atoms with Crippen LogP contribution in [0.1, 0.15) is 79.9 Å². The lowest BCUT2D eigenvalue weighted by Gasteiger charge is -2.02. The number of carboxylic acids is 2. The molecule has 0 aliphatic heterocycles. The molecule has 3 heterocycles. The van der Waals surface area contributed by atoms with Gasteiger partial charge in [-0.25, -0.2) is 9.59 Å². The second-order valence-corrected chi connectivity index (χ2v) is 7.34. The summed E-state index contributed by atoms with van der Waals surface area (Å²) in [6.07, 6.45) is 2.49. The summed E-state index contributed by atoms with van der Waals surface area (Å²) >= 11 is 0. The van der Waals surface area contributed by atoms with Gasteiger partial charge in [0.1, 0.15) is 11.4 Å². The zero-order chi connectivity index (χ0) is 21.3. The van der Waals surface area contributed by atoms with Gasteiger partial charge in [-0.2, -0.15) is 0 Å². The molecule has 0 aliphatic carbocycles. The Labute approximate surface area is 169 Å². The first-order valence-electron chi connectivity index (χ1n) is 9.80. The van der Waals surface area contributed by atoms with E-state index in [-0.39, 0.29) is 11.4 Å². The number of carboxylic acid groups (broad SMARTS) is 2. The molecule has 0 bridgehead atoms. The molecular formula is C22H27N3O4. The van der Waals surface area contributed by atoms with Crippen LogP contribution in [-0.2, 0) is 25.7 Å². The number of aromatic amines is 3. The fourth-order valence-electron chi connectivity index (χ4n) is 4.06. The molecule has 7 nitrogen and oxygen atoms in total. The van der Waals surface area contributed by atoms with Crippen molar-refractivity contribution in [3.8, 4) is 0 Å². The van der Waals surface area contributed by atoms with E-state index in [0.29, 0.717) is 25.7 Å². The summed E-state index contributed by atoms with van der Waals surface area (Å²) in [6, 6.07) is 3.97. The Morgan fingerprint density at radius 1 is 0.759 bits per heavy atom. The maximum Gasteiger partial charge on any atom is 0.352 e. The van der Waals surface area contributed by atoms with Crippen LogP contribution in [0.15, 0.2) is 12.1 Å². The normalized spacial score (nSPS) is 11.2. The molecule has 5 N–H and O–H groups in total. The number of aromatic carboxylic acids is 2. The van der Waals surface area contributed by atoms with E-state index in [0.717, 1.165) is 45.0 Å². The minimum atomic E-state index is -0.938. The first-order valence-corrected chi connectivity index (χ1v) is 9.80. The van der Waals surface area contributed by atoms with Crippen LogP contribution in [-0.4, -0.2) is 37.1 Å². The third-order valence-corrected chi connectivity index (χ3v) is 5.64. The number of aromatic nitrogens is 3. The first-order chi connectivity index (χ1) is 13.8. The second kappa shape index (κ2) is 8.03. The zero-order valence-corrected chi connectivity index (χ0v) is 17.2. The summed E-state index contributed by atoms with van der Waals surface area (Å²) in [5.74, 6) is -1.88. The van der Waals surface area contributed by atoms with Crippen LogP contribution < -0.4 is 0 Å². The molecule has 0 unspecified atom stereocenters. The second-order valence-electron chi connectivity index (χ2n) is 7.34. The Hall–Kier alpha value is -3.22. The molecule has 0 saturated carbocycles. The maximum atomic E-state index is 11.5. The molecule has 0 radical (unpaired) electrons. The van der Waals surface area contributed by atoms with Gasteiger partial charge in [0.05, 0.1) is 0 Å². The Morgan fingerprint density at radius 3 is 1.41 bits per heavy atom. The summed E-state index contributed by atoms with van der Waals surface area (Å²) in [5, 5.41) is 18.8. The van der Waals surface area contributed by atoms with E-state index in [2.05, 4.69) is 15.0 Å². The Morgan fingerprint density at radius 2 is 1.14 bits per heavy atom. The standard InChI is InChI=1S/C22H27N3O4/c1-5-15-11(3)17(24-19(15)21(26)27)9-13-7-8-14(23-13)10-18-12(4)16(6-2)20(25-18)22(28)29/h7-8,23-25H,5-6,9-10H2,1-4H3,(H,26,27)(H,28,29).